The minimum atomic E-state index is -0.0183. The molecule has 0 aliphatic carbocycles. The molecule has 0 fully saturated rings. The van der Waals surface area contributed by atoms with E-state index in [1.54, 1.807) is 16.7 Å². The van der Waals surface area contributed by atoms with E-state index < -0.39 is 0 Å². The zero-order chi connectivity index (χ0) is 18.2. The molecule has 0 saturated carbocycles. The van der Waals surface area contributed by atoms with E-state index in [0.29, 0.717) is 26.1 Å². The van der Waals surface area contributed by atoms with Gasteiger partial charge in [-0.3, -0.25) is 9.59 Å². The van der Waals surface area contributed by atoms with E-state index in [2.05, 4.69) is 0 Å². The summed E-state index contributed by atoms with van der Waals surface area (Å²) in [5.74, 6) is 0.0164. The minimum Gasteiger partial charge on any atom is -0.338 e. The molecule has 2 aromatic carbocycles. The number of nitrogens with zero attached hydrogens (tertiary/aromatic N) is 2. The van der Waals surface area contributed by atoms with Crippen LogP contribution in [0.2, 0.25) is 0 Å². The van der Waals surface area contributed by atoms with Gasteiger partial charge in [0.1, 0.15) is 0 Å². The zero-order valence-electron chi connectivity index (χ0n) is 15.2. The van der Waals surface area contributed by atoms with Crippen LogP contribution in [-0.4, -0.2) is 29.8 Å². The molecule has 0 aliphatic heterocycles. The van der Waals surface area contributed by atoms with Crippen LogP contribution in [0, 0.1) is 6.92 Å². The first-order chi connectivity index (χ1) is 12.0. The van der Waals surface area contributed by atoms with E-state index in [1.807, 2.05) is 68.4 Å². The Morgan fingerprint density at radius 3 is 2.32 bits per heavy atom. The molecule has 0 heterocycles. The lowest BCUT2D eigenvalue weighted by Gasteiger charge is -2.25. The molecule has 25 heavy (non-hydrogen) atoms. The summed E-state index contributed by atoms with van der Waals surface area (Å²) in [5.41, 5.74) is 3.10. The van der Waals surface area contributed by atoms with Crippen molar-refractivity contribution in [3.05, 3.63) is 65.7 Å². The Bertz CT molecular complexity index is 713. The van der Waals surface area contributed by atoms with Crippen molar-refractivity contribution in [3.8, 4) is 0 Å². The van der Waals surface area contributed by atoms with E-state index in [-0.39, 0.29) is 11.8 Å². The fourth-order valence-electron chi connectivity index (χ4n) is 2.82. The van der Waals surface area contributed by atoms with Crippen LogP contribution >= 0.6 is 0 Å². The Morgan fingerprint density at radius 2 is 1.72 bits per heavy atom. The summed E-state index contributed by atoms with van der Waals surface area (Å²) in [6.07, 6.45) is 0.314. The summed E-state index contributed by atoms with van der Waals surface area (Å²) in [6, 6.07) is 17.8. The maximum absolute atomic E-state index is 12.7. The second kappa shape index (κ2) is 9.02. The lowest BCUT2D eigenvalue weighted by molar-refractivity contribution is -0.130. The highest BCUT2D eigenvalue weighted by molar-refractivity contribution is 5.93. The monoisotopic (exact) mass is 338 g/mol. The molecule has 0 spiro atoms. The molecule has 132 valence electrons. The third-order valence-electron chi connectivity index (χ3n) is 4.19. The van der Waals surface area contributed by atoms with Crippen molar-refractivity contribution in [2.45, 2.75) is 33.7 Å². The van der Waals surface area contributed by atoms with Crippen LogP contribution in [0.1, 0.15) is 31.4 Å². The number of amides is 2. The predicted octanol–water partition coefficient (Wildman–Crippen LogP) is 3.79. The van der Waals surface area contributed by atoms with Crippen molar-refractivity contribution in [2.24, 2.45) is 0 Å². The molecular formula is C21H26N2O2. The van der Waals surface area contributed by atoms with Gasteiger partial charge >= 0.3 is 0 Å². The number of anilines is 1. The van der Waals surface area contributed by atoms with Crippen molar-refractivity contribution in [1.29, 1.82) is 0 Å². The Balaban J connectivity index is 2.01. The molecule has 0 unspecified atom stereocenters. The first-order valence-corrected chi connectivity index (χ1v) is 8.67. The van der Waals surface area contributed by atoms with Gasteiger partial charge in [0.05, 0.1) is 0 Å². The molecule has 0 aliphatic rings. The average molecular weight is 338 g/mol. The van der Waals surface area contributed by atoms with Crippen LogP contribution in [0.25, 0.3) is 0 Å². The van der Waals surface area contributed by atoms with E-state index in [1.165, 1.54) is 0 Å². The van der Waals surface area contributed by atoms with Crippen LogP contribution in [0.4, 0.5) is 5.69 Å². The molecule has 4 heteroatoms. The van der Waals surface area contributed by atoms with E-state index in [0.717, 1.165) is 16.8 Å². The maximum Gasteiger partial charge on any atom is 0.228 e. The normalized spacial score (nSPS) is 10.4. The smallest absolute Gasteiger partial charge is 0.228 e. The Labute approximate surface area is 150 Å². The SMILES string of the molecule is CCN(C(=O)CCN(Cc1ccccc1)C(C)=O)c1cccc(C)c1. The van der Waals surface area contributed by atoms with Gasteiger partial charge in [0.25, 0.3) is 0 Å². The summed E-state index contributed by atoms with van der Waals surface area (Å²) < 4.78 is 0. The largest absolute Gasteiger partial charge is 0.338 e. The van der Waals surface area contributed by atoms with Gasteiger partial charge in [-0.05, 0) is 37.1 Å². The van der Waals surface area contributed by atoms with Gasteiger partial charge < -0.3 is 9.80 Å². The number of aryl methyl sites for hydroxylation is 1. The topological polar surface area (TPSA) is 40.6 Å². The molecule has 0 radical (unpaired) electrons. The number of rotatable bonds is 7. The fourth-order valence-corrected chi connectivity index (χ4v) is 2.82. The van der Waals surface area contributed by atoms with Gasteiger partial charge in [0, 0.05) is 38.7 Å². The lowest BCUT2D eigenvalue weighted by atomic mass is 10.2. The first-order valence-electron chi connectivity index (χ1n) is 8.67. The lowest BCUT2D eigenvalue weighted by Crippen LogP contribution is -2.36. The maximum atomic E-state index is 12.7. The predicted molar refractivity (Wildman–Crippen MR) is 101 cm³/mol. The van der Waals surface area contributed by atoms with Gasteiger partial charge in [-0.2, -0.15) is 0 Å². The summed E-state index contributed by atoms with van der Waals surface area (Å²) >= 11 is 0. The van der Waals surface area contributed by atoms with Gasteiger partial charge in [-0.1, -0.05) is 42.5 Å². The van der Waals surface area contributed by atoms with Gasteiger partial charge in [-0.15, -0.1) is 0 Å². The standard InChI is InChI=1S/C21H26N2O2/c1-4-23(20-12-8-9-17(2)15-20)21(25)13-14-22(18(3)24)16-19-10-6-5-7-11-19/h5-12,15H,4,13-14,16H2,1-3H3. The summed E-state index contributed by atoms with van der Waals surface area (Å²) in [7, 11) is 0. The van der Waals surface area contributed by atoms with E-state index >= 15 is 0 Å². The zero-order valence-corrected chi connectivity index (χ0v) is 15.2. The molecule has 0 atom stereocenters. The van der Waals surface area contributed by atoms with Crippen LogP contribution in [0.5, 0.6) is 0 Å². The Kier molecular flexibility index (Phi) is 6.75. The van der Waals surface area contributed by atoms with Crippen LogP contribution in [-0.2, 0) is 16.1 Å². The van der Waals surface area contributed by atoms with Crippen molar-refractivity contribution in [2.75, 3.05) is 18.0 Å². The third-order valence-corrected chi connectivity index (χ3v) is 4.19. The molecule has 0 N–H and O–H groups in total. The quantitative estimate of drug-likeness (QED) is 0.771. The Morgan fingerprint density at radius 1 is 1.00 bits per heavy atom. The van der Waals surface area contributed by atoms with Crippen LogP contribution in [0.3, 0.4) is 0 Å². The second-order valence-corrected chi connectivity index (χ2v) is 6.15. The highest BCUT2D eigenvalue weighted by Crippen LogP contribution is 2.17. The molecular weight excluding hydrogens is 312 g/mol. The van der Waals surface area contributed by atoms with E-state index in [9.17, 15) is 9.59 Å². The van der Waals surface area contributed by atoms with Crippen LogP contribution in [0.15, 0.2) is 54.6 Å². The van der Waals surface area contributed by atoms with E-state index in [4.69, 9.17) is 0 Å². The fraction of sp³-hybridized carbons (Fsp3) is 0.333. The molecule has 0 aromatic heterocycles. The van der Waals surface area contributed by atoms with Gasteiger partial charge in [0.15, 0.2) is 0 Å². The van der Waals surface area contributed by atoms with Crippen LogP contribution < -0.4 is 4.90 Å². The summed E-state index contributed by atoms with van der Waals surface area (Å²) in [5, 5.41) is 0. The Hall–Kier alpha value is -2.62. The van der Waals surface area contributed by atoms with Crippen molar-refractivity contribution in [1.82, 2.24) is 4.90 Å². The molecule has 4 nitrogen and oxygen atoms in total. The van der Waals surface area contributed by atoms with Crippen molar-refractivity contribution >= 4 is 17.5 Å². The molecule has 2 amide bonds. The first kappa shape index (κ1) is 18.7. The van der Waals surface area contributed by atoms with Crippen molar-refractivity contribution < 1.29 is 9.59 Å². The molecule has 2 aromatic rings. The summed E-state index contributed by atoms with van der Waals surface area (Å²) in [6.45, 7) is 7.09. The number of carbonyl (C=O) groups is 2. The second-order valence-electron chi connectivity index (χ2n) is 6.15. The third kappa shape index (κ3) is 5.45. The number of hydrogen-bond donors (Lipinski definition) is 0. The van der Waals surface area contributed by atoms with Gasteiger partial charge in [-0.25, -0.2) is 0 Å². The molecule has 0 bridgehead atoms. The highest BCUT2D eigenvalue weighted by atomic mass is 16.2. The van der Waals surface area contributed by atoms with Crippen molar-refractivity contribution in [3.63, 3.8) is 0 Å². The number of benzene rings is 2. The number of hydrogen-bond acceptors (Lipinski definition) is 2. The molecule has 2 rings (SSSR count). The number of carbonyl (C=O) groups excluding carboxylic acids is 2. The molecule has 0 saturated heterocycles. The average Bonchev–Trinajstić information content (AvgIpc) is 2.60. The highest BCUT2D eigenvalue weighted by Gasteiger charge is 2.17. The summed E-state index contributed by atoms with van der Waals surface area (Å²) in [4.78, 5) is 28.1. The van der Waals surface area contributed by atoms with Gasteiger partial charge in [0.2, 0.25) is 11.8 Å². The minimum absolute atomic E-state index is 0.0183.